The molecule has 2 unspecified atom stereocenters. The summed E-state index contributed by atoms with van der Waals surface area (Å²) in [4.78, 5) is 12.1. The maximum atomic E-state index is 12.1. The van der Waals surface area contributed by atoms with Gasteiger partial charge in [-0.1, -0.05) is 35.5 Å². The van der Waals surface area contributed by atoms with Crippen LogP contribution in [-0.2, 0) is 16.1 Å². The molecular formula is C16H19N3O6S. The minimum Gasteiger partial charge on any atom is -0.456 e. The highest BCUT2D eigenvalue weighted by atomic mass is 32.1. The normalized spacial score (nSPS) is 28.7. The van der Waals surface area contributed by atoms with Crippen molar-refractivity contribution in [3.8, 4) is 0 Å². The molecule has 1 aromatic carbocycles. The van der Waals surface area contributed by atoms with E-state index in [1.807, 2.05) is 30.3 Å². The number of rotatable bonds is 5. The standard InChI is InChI=1S/C16H19N3O6S/c20-7-11-13(21)12(14(22)16(26)25-11)19-6-10(17-18-19)15(23)24-8-9-4-2-1-3-5-9/h1-6,11-14,16,20-22,26H,7-8H2/t11?,12?,13-,14-,16-/m0/s1. The number of thiol groups is 1. The third-order valence-corrected chi connectivity index (χ3v) is 4.53. The second-order valence-electron chi connectivity index (χ2n) is 5.86. The molecule has 2 aromatic rings. The molecule has 0 spiro atoms. The minimum absolute atomic E-state index is 0.0666. The summed E-state index contributed by atoms with van der Waals surface area (Å²) < 4.78 is 11.5. The van der Waals surface area contributed by atoms with Crippen LogP contribution in [0.5, 0.6) is 0 Å². The largest absolute Gasteiger partial charge is 0.456 e. The van der Waals surface area contributed by atoms with Crippen LogP contribution in [-0.4, -0.2) is 66.6 Å². The van der Waals surface area contributed by atoms with Crippen LogP contribution >= 0.6 is 12.6 Å². The Morgan fingerprint density at radius 3 is 2.69 bits per heavy atom. The summed E-state index contributed by atoms with van der Waals surface area (Å²) in [5.74, 6) is -0.683. The van der Waals surface area contributed by atoms with Gasteiger partial charge in [-0.15, -0.1) is 17.7 Å². The summed E-state index contributed by atoms with van der Waals surface area (Å²) >= 11 is 4.09. The number of esters is 1. The molecular weight excluding hydrogens is 362 g/mol. The molecule has 1 fully saturated rings. The predicted octanol–water partition coefficient (Wildman–Crippen LogP) is -0.455. The van der Waals surface area contributed by atoms with Crippen molar-refractivity contribution in [2.75, 3.05) is 6.61 Å². The van der Waals surface area contributed by atoms with Gasteiger partial charge < -0.3 is 24.8 Å². The van der Waals surface area contributed by atoms with Gasteiger partial charge >= 0.3 is 5.97 Å². The van der Waals surface area contributed by atoms with Gasteiger partial charge in [-0.3, -0.25) is 0 Å². The lowest BCUT2D eigenvalue weighted by atomic mass is 9.97. The molecule has 26 heavy (non-hydrogen) atoms. The van der Waals surface area contributed by atoms with E-state index in [2.05, 4.69) is 22.9 Å². The summed E-state index contributed by atoms with van der Waals surface area (Å²) in [5, 5.41) is 37.3. The molecule has 0 bridgehead atoms. The first kappa shape index (κ1) is 18.8. The van der Waals surface area contributed by atoms with Crippen molar-refractivity contribution in [1.29, 1.82) is 0 Å². The van der Waals surface area contributed by atoms with E-state index in [9.17, 15) is 20.1 Å². The first-order valence-electron chi connectivity index (χ1n) is 7.94. The van der Waals surface area contributed by atoms with E-state index in [0.717, 1.165) is 10.2 Å². The van der Waals surface area contributed by atoms with Crippen molar-refractivity contribution < 1.29 is 29.6 Å². The molecule has 0 radical (unpaired) electrons. The molecule has 9 nitrogen and oxygen atoms in total. The Bertz CT molecular complexity index is 743. The number of carbonyl (C=O) groups excluding carboxylic acids is 1. The first-order valence-corrected chi connectivity index (χ1v) is 8.46. The van der Waals surface area contributed by atoms with Crippen LogP contribution in [0.2, 0.25) is 0 Å². The van der Waals surface area contributed by atoms with Crippen LogP contribution in [0.1, 0.15) is 22.1 Å². The van der Waals surface area contributed by atoms with Crippen molar-refractivity contribution in [1.82, 2.24) is 15.0 Å². The Balaban J connectivity index is 1.70. The fraction of sp³-hybridized carbons (Fsp3) is 0.438. The van der Waals surface area contributed by atoms with Crippen molar-refractivity contribution in [2.24, 2.45) is 0 Å². The highest BCUT2D eigenvalue weighted by molar-refractivity contribution is 7.80. The summed E-state index contributed by atoms with van der Waals surface area (Å²) in [6.45, 7) is -0.373. The molecule has 5 atom stereocenters. The SMILES string of the molecule is O=C(OCc1ccccc1)c1cn(C2[C@@H](O)C(CO)O[C@@H](S)[C@H]2O)nn1. The number of hydrogen-bond acceptors (Lipinski definition) is 9. The molecule has 2 heterocycles. The van der Waals surface area contributed by atoms with Crippen LogP contribution in [0.25, 0.3) is 0 Å². The summed E-state index contributed by atoms with van der Waals surface area (Å²) in [5.41, 5.74) is -0.173. The molecule has 10 heteroatoms. The molecule has 0 aliphatic carbocycles. The third kappa shape index (κ3) is 3.89. The second-order valence-corrected chi connectivity index (χ2v) is 6.37. The molecule has 140 valence electrons. The number of nitrogens with zero attached hydrogens (tertiary/aromatic N) is 3. The molecule has 1 aliphatic rings. The number of benzene rings is 1. The molecule has 0 saturated carbocycles. The van der Waals surface area contributed by atoms with E-state index in [0.29, 0.717) is 0 Å². The zero-order valence-electron chi connectivity index (χ0n) is 13.6. The summed E-state index contributed by atoms with van der Waals surface area (Å²) in [7, 11) is 0. The zero-order valence-corrected chi connectivity index (χ0v) is 14.5. The summed E-state index contributed by atoms with van der Waals surface area (Å²) in [6.07, 6.45) is -2.15. The highest BCUT2D eigenvalue weighted by Gasteiger charge is 2.44. The lowest BCUT2D eigenvalue weighted by molar-refractivity contribution is -0.178. The Kier molecular flexibility index (Phi) is 5.89. The van der Waals surface area contributed by atoms with Crippen molar-refractivity contribution in [2.45, 2.75) is 36.4 Å². The molecule has 1 aromatic heterocycles. The lowest BCUT2D eigenvalue weighted by Crippen LogP contribution is -2.54. The Morgan fingerprint density at radius 2 is 2.00 bits per heavy atom. The fourth-order valence-electron chi connectivity index (χ4n) is 2.71. The zero-order chi connectivity index (χ0) is 18.7. The third-order valence-electron chi connectivity index (χ3n) is 4.10. The van der Waals surface area contributed by atoms with E-state index in [4.69, 9.17) is 9.47 Å². The minimum atomic E-state index is -1.26. The lowest BCUT2D eigenvalue weighted by Gasteiger charge is -2.40. The molecule has 1 aliphatic heterocycles. The van der Waals surface area contributed by atoms with Crippen LogP contribution in [0.3, 0.4) is 0 Å². The van der Waals surface area contributed by atoms with Gasteiger partial charge in [-0.2, -0.15) is 0 Å². The van der Waals surface area contributed by atoms with Gasteiger partial charge in [0.2, 0.25) is 0 Å². The van der Waals surface area contributed by atoms with Gasteiger partial charge in [-0.25, -0.2) is 9.48 Å². The Labute approximate surface area is 154 Å². The maximum absolute atomic E-state index is 12.1. The maximum Gasteiger partial charge on any atom is 0.360 e. The van der Waals surface area contributed by atoms with Gasteiger partial charge in [0.25, 0.3) is 0 Å². The Morgan fingerprint density at radius 1 is 1.27 bits per heavy atom. The van der Waals surface area contributed by atoms with Gasteiger partial charge in [-0.05, 0) is 5.56 Å². The Hall–Kier alpha value is -1.98. The number of hydrogen-bond donors (Lipinski definition) is 4. The average Bonchev–Trinajstić information content (AvgIpc) is 3.13. The van der Waals surface area contributed by atoms with Gasteiger partial charge in [0, 0.05) is 0 Å². The first-order chi connectivity index (χ1) is 12.5. The van der Waals surface area contributed by atoms with Crippen molar-refractivity contribution in [3.05, 3.63) is 47.8 Å². The van der Waals surface area contributed by atoms with Gasteiger partial charge in [0.15, 0.2) is 5.69 Å². The number of aromatic nitrogens is 3. The number of ether oxygens (including phenoxy) is 2. The highest BCUT2D eigenvalue weighted by Crippen LogP contribution is 2.31. The number of carbonyl (C=O) groups is 1. The van der Waals surface area contributed by atoms with Gasteiger partial charge in [0.1, 0.15) is 36.4 Å². The molecule has 3 rings (SSSR count). The predicted molar refractivity (Wildman–Crippen MR) is 91.4 cm³/mol. The van der Waals surface area contributed by atoms with Crippen LogP contribution in [0.15, 0.2) is 36.5 Å². The van der Waals surface area contributed by atoms with Gasteiger partial charge in [0.05, 0.1) is 12.8 Å². The van der Waals surface area contributed by atoms with Crippen molar-refractivity contribution in [3.63, 3.8) is 0 Å². The van der Waals surface area contributed by atoms with Crippen molar-refractivity contribution >= 4 is 18.6 Å². The monoisotopic (exact) mass is 381 g/mol. The van der Waals surface area contributed by atoms with Crippen LogP contribution in [0, 0.1) is 0 Å². The molecule has 0 amide bonds. The second kappa shape index (κ2) is 8.14. The van der Waals surface area contributed by atoms with E-state index in [-0.39, 0.29) is 12.3 Å². The molecule has 1 saturated heterocycles. The topological polar surface area (TPSA) is 127 Å². The fourth-order valence-corrected chi connectivity index (χ4v) is 3.04. The van der Waals surface area contributed by atoms with Crippen LogP contribution < -0.4 is 0 Å². The average molecular weight is 381 g/mol. The number of aliphatic hydroxyl groups is 3. The molecule has 3 N–H and O–H groups in total. The smallest absolute Gasteiger partial charge is 0.360 e. The van der Waals surface area contributed by atoms with E-state index >= 15 is 0 Å². The van der Waals surface area contributed by atoms with E-state index in [1.54, 1.807) is 0 Å². The quantitative estimate of drug-likeness (QED) is 0.405. The number of aliphatic hydroxyl groups excluding tert-OH is 3. The van der Waals surface area contributed by atoms with E-state index < -0.39 is 42.4 Å². The van der Waals surface area contributed by atoms with E-state index in [1.165, 1.54) is 6.20 Å². The van der Waals surface area contributed by atoms with Crippen LogP contribution in [0.4, 0.5) is 0 Å². The summed E-state index contributed by atoms with van der Waals surface area (Å²) in [6, 6.07) is 8.18.